The molecular weight excluding hydrogens is 406 g/mol. The molecule has 9 heteroatoms. The van der Waals surface area contributed by atoms with Crippen molar-refractivity contribution in [2.24, 2.45) is 0 Å². The number of nitrogens with zero attached hydrogens (tertiary/aromatic N) is 5. The van der Waals surface area contributed by atoms with Gasteiger partial charge in [0.05, 0.1) is 16.5 Å². The summed E-state index contributed by atoms with van der Waals surface area (Å²) in [4.78, 5) is 39.3. The normalized spacial score (nSPS) is 14.6. The minimum absolute atomic E-state index is 0.0329. The third-order valence-electron chi connectivity index (χ3n) is 5.31. The van der Waals surface area contributed by atoms with E-state index < -0.39 is 0 Å². The molecule has 1 fully saturated rings. The number of amides is 1. The number of hydrogen-bond donors (Lipinski definition) is 0. The molecule has 0 N–H and O–H groups in total. The van der Waals surface area contributed by atoms with Crippen molar-refractivity contribution in [2.45, 2.75) is 25.3 Å². The number of para-hydroxylation sites is 1. The molecule has 1 saturated heterocycles. The van der Waals surface area contributed by atoms with Gasteiger partial charge in [-0.2, -0.15) is 0 Å². The van der Waals surface area contributed by atoms with Gasteiger partial charge in [-0.3, -0.25) is 14.2 Å². The highest BCUT2D eigenvalue weighted by atomic mass is 32.2. The third kappa shape index (κ3) is 3.89. The van der Waals surface area contributed by atoms with E-state index in [-0.39, 0.29) is 18.0 Å². The number of fused-ring (bicyclic) bond motifs is 1. The molecular formula is C20H23N5O2S2. The predicted octanol–water partition coefficient (Wildman–Crippen LogP) is 2.54. The molecule has 1 aromatic carbocycles. The number of thioether (sulfide) groups is 1. The Morgan fingerprint density at radius 3 is 2.69 bits per heavy atom. The number of anilines is 1. The number of aryl methyl sites for hydroxylation is 1. The van der Waals surface area contributed by atoms with Crippen molar-refractivity contribution in [3.05, 3.63) is 46.1 Å². The fourth-order valence-corrected chi connectivity index (χ4v) is 5.07. The quantitative estimate of drug-likeness (QED) is 0.594. The molecule has 0 atom stereocenters. The molecule has 1 aliphatic rings. The monoisotopic (exact) mass is 429 g/mol. The van der Waals surface area contributed by atoms with Crippen LogP contribution in [0, 0.1) is 13.8 Å². The molecule has 0 radical (unpaired) electrons. The summed E-state index contributed by atoms with van der Waals surface area (Å²) in [5.41, 5.74) is 2.20. The number of thiazole rings is 1. The van der Waals surface area contributed by atoms with Gasteiger partial charge in [0.2, 0.25) is 5.91 Å². The minimum atomic E-state index is -0.149. The Morgan fingerprint density at radius 1 is 1.21 bits per heavy atom. The number of hydrogen-bond acceptors (Lipinski definition) is 7. The lowest BCUT2D eigenvalue weighted by Gasteiger charge is -2.34. The lowest BCUT2D eigenvalue weighted by molar-refractivity contribution is -0.132. The van der Waals surface area contributed by atoms with Crippen molar-refractivity contribution in [3.8, 4) is 0 Å². The highest BCUT2D eigenvalue weighted by Gasteiger charge is 2.24. The fourth-order valence-electron chi connectivity index (χ4n) is 3.39. The van der Waals surface area contributed by atoms with Gasteiger partial charge in [-0.1, -0.05) is 17.4 Å². The molecule has 3 aromatic rings. The van der Waals surface area contributed by atoms with Crippen LogP contribution in [0.5, 0.6) is 0 Å². The summed E-state index contributed by atoms with van der Waals surface area (Å²) in [6.45, 7) is 6.29. The Morgan fingerprint density at radius 2 is 1.97 bits per heavy atom. The maximum atomic E-state index is 12.7. The molecule has 1 amide bonds. The van der Waals surface area contributed by atoms with Crippen LogP contribution in [0.2, 0.25) is 0 Å². The van der Waals surface area contributed by atoms with Crippen molar-refractivity contribution in [3.63, 3.8) is 0 Å². The van der Waals surface area contributed by atoms with Crippen LogP contribution in [0.25, 0.3) is 10.2 Å². The molecule has 1 aliphatic heterocycles. The molecule has 3 heterocycles. The second-order valence-corrected chi connectivity index (χ2v) is 8.92. The van der Waals surface area contributed by atoms with Crippen LogP contribution >= 0.6 is 23.1 Å². The van der Waals surface area contributed by atoms with Gasteiger partial charge >= 0.3 is 0 Å². The first-order valence-electron chi connectivity index (χ1n) is 9.47. The zero-order valence-corrected chi connectivity index (χ0v) is 18.3. The zero-order valence-electron chi connectivity index (χ0n) is 16.7. The van der Waals surface area contributed by atoms with E-state index in [1.54, 1.807) is 36.9 Å². The van der Waals surface area contributed by atoms with Gasteiger partial charge in [-0.05, 0) is 32.2 Å². The molecule has 0 bridgehead atoms. The number of piperazine rings is 1. The van der Waals surface area contributed by atoms with Crippen molar-refractivity contribution in [2.75, 3.05) is 37.3 Å². The van der Waals surface area contributed by atoms with E-state index in [9.17, 15) is 9.59 Å². The van der Waals surface area contributed by atoms with Crippen LogP contribution in [-0.2, 0) is 11.3 Å². The zero-order chi connectivity index (χ0) is 20.5. The maximum absolute atomic E-state index is 12.7. The predicted molar refractivity (Wildman–Crippen MR) is 118 cm³/mol. The highest BCUT2D eigenvalue weighted by molar-refractivity contribution is 7.98. The summed E-state index contributed by atoms with van der Waals surface area (Å²) in [6, 6.07) is 6.26. The summed E-state index contributed by atoms with van der Waals surface area (Å²) < 4.78 is 2.58. The average Bonchev–Trinajstić information content (AvgIpc) is 3.18. The van der Waals surface area contributed by atoms with Gasteiger partial charge in [-0.15, -0.1) is 11.8 Å². The standard InChI is InChI=1S/C20H23N5O2S2/c1-13-14(2)21-12-25(19(13)27)11-17(26)23-7-9-24(10-8-23)20-22-18-15(28-3)5-4-6-16(18)29-20/h4-6,12H,7-11H2,1-3H3. The summed E-state index contributed by atoms with van der Waals surface area (Å²) in [5, 5.41) is 1.00. The topological polar surface area (TPSA) is 71.3 Å². The Bertz CT molecular complexity index is 1120. The Balaban J connectivity index is 1.42. The molecule has 4 rings (SSSR count). The summed E-state index contributed by atoms with van der Waals surface area (Å²) in [6.07, 6.45) is 3.53. The Labute approximate surface area is 177 Å². The van der Waals surface area contributed by atoms with E-state index in [0.717, 1.165) is 23.7 Å². The van der Waals surface area contributed by atoms with Gasteiger partial charge in [0, 0.05) is 42.3 Å². The van der Waals surface area contributed by atoms with E-state index in [4.69, 9.17) is 4.98 Å². The second-order valence-electron chi connectivity index (χ2n) is 7.06. The van der Waals surface area contributed by atoms with Crippen molar-refractivity contribution >= 4 is 44.4 Å². The summed E-state index contributed by atoms with van der Waals surface area (Å²) >= 11 is 3.40. The van der Waals surface area contributed by atoms with Crippen molar-refractivity contribution < 1.29 is 4.79 Å². The van der Waals surface area contributed by atoms with Crippen LogP contribution in [0.3, 0.4) is 0 Å². The van der Waals surface area contributed by atoms with E-state index >= 15 is 0 Å². The van der Waals surface area contributed by atoms with E-state index in [0.29, 0.717) is 24.3 Å². The molecule has 29 heavy (non-hydrogen) atoms. The second kappa shape index (κ2) is 8.16. The van der Waals surface area contributed by atoms with E-state index in [1.165, 1.54) is 20.5 Å². The smallest absolute Gasteiger partial charge is 0.256 e. The van der Waals surface area contributed by atoms with Crippen molar-refractivity contribution in [1.82, 2.24) is 19.4 Å². The molecule has 0 saturated carbocycles. The van der Waals surface area contributed by atoms with Gasteiger partial charge in [0.25, 0.3) is 5.56 Å². The minimum Gasteiger partial charge on any atom is -0.345 e. The lowest BCUT2D eigenvalue weighted by atomic mass is 10.2. The largest absolute Gasteiger partial charge is 0.345 e. The molecule has 7 nitrogen and oxygen atoms in total. The van der Waals surface area contributed by atoms with Gasteiger partial charge in [0.15, 0.2) is 5.13 Å². The fraction of sp³-hybridized carbons (Fsp3) is 0.400. The van der Waals surface area contributed by atoms with Gasteiger partial charge < -0.3 is 9.80 Å². The number of benzene rings is 1. The molecule has 152 valence electrons. The van der Waals surface area contributed by atoms with Crippen LogP contribution in [-0.4, -0.2) is 57.8 Å². The van der Waals surface area contributed by atoms with Crippen LogP contribution in [0.4, 0.5) is 5.13 Å². The Kier molecular flexibility index (Phi) is 5.60. The highest BCUT2D eigenvalue weighted by Crippen LogP contribution is 2.34. The molecule has 0 spiro atoms. The Hall–Kier alpha value is -2.39. The number of carbonyl (C=O) groups is 1. The van der Waals surface area contributed by atoms with Crippen LogP contribution in [0.1, 0.15) is 11.3 Å². The molecule has 0 unspecified atom stereocenters. The summed E-state index contributed by atoms with van der Waals surface area (Å²) in [5.74, 6) is -0.0502. The van der Waals surface area contributed by atoms with E-state index in [1.807, 2.05) is 4.90 Å². The average molecular weight is 430 g/mol. The first kappa shape index (κ1) is 19.9. The molecule has 0 aliphatic carbocycles. The summed E-state index contributed by atoms with van der Waals surface area (Å²) in [7, 11) is 0. The first-order chi connectivity index (χ1) is 14.0. The number of aromatic nitrogens is 3. The first-order valence-corrected chi connectivity index (χ1v) is 11.5. The van der Waals surface area contributed by atoms with Gasteiger partial charge in [-0.25, -0.2) is 9.97 Å². The lowest BCUT2D eigenvalue weighted by Crippen LogP contribution is -2.50. The SMILES string of the molecule is CSc1cccc2sc(N3CCN(C(=O)Cn4cnc(C)c(C)c4=O)CC3)nc12. The van der Waals surface area contributed by atoms with Gasteiger partial charge in [0.1, 0.15) is 6.54 Å². The van der Waals surface area contributed by atoms with E-state index in [2.05, 4.69) is 34.3 Å². The van der Waals surface area contributed by atoms with Crippen molar-refractivity contribution in [1.29, 1.82) is 0 Å². The number of rotatable bonds is 4. The number of carbonyl (C=O) groups excluding carboxylic acids is 1. The van der Waals surface area contributed by atoms with Crippen LogP contribution in [0.15, 0.2) is 34.2 Å². The van der Waals surface area contributed by atoms with Crippen LogP contribution < -0.4 is 10.5 Å². The third-order valence-corrected chi connectivity index (χ3v) is 7.16. The molecule has 2 aromatic heterocycles. The maximum Gasteiger partial charge on any atom is 0.256 e.